The van der Waals surface area contributed by atoms with Gasteiger partial charge in [-0.3, -0.25) is 14.5 Å². The van der Waals surface area contributed by atoms with Gasteiger partial charge in [-0.1, -0.05) is 0 Å². The molecule has 8 nitrogen and oxygen atoms in total. The minimum atomic E-state index is -2.84. The van der Waals surface area contributed by atoms with E-state index < -0.39 is 48.6 Å². The van der Waals surface area contributed by atoms with Gasteiger partial charge in [0, 0.05) is 30.7 Å². The first kappa shape index (κ1) is 19.9. The van der Waals surface area contributed by atoms with Crippen molar-refractivity contribution >= 4 is 17.7 Å². The molecule has 2 aliphatic rings. The van der Waals surface area contributed by atoms with Crippen molar-refractivity contribution in [2.45, 2.75) is 37.1 Å². The van der Waals surface area contributed by atoms with Crippen molar-refractivity contribution in [3.8, 4) is 11.6 Å². The van der Waals surface area contributed by atoms with Crippen LogP contribution in [-0.4, -0.2) is 50.8 Å². The molecule has 0 bridgehead atoms. The van der Waals surface area contributed by atoms with Gasteiger partial charge in [-0.15, -0.1) is 5.10 Å². The van der Waals surface area contributed by atoms with Gasteiger partial charge in [0.25, 0.3) is 5.91 Å². The number of ketones is 1. The lowest BCUT2D eigenvalue weighted by atomic mass is 9.80. The summed E-state index contributed by atoms with van der Waals surface area (Å²) < 4.78 is 32.4. The minimum absolute atomic E-state index is 0.149. The lowest BCUT2D eigenvalue weighted by Crippen LogP contribution is -2.51. The Kier molecular flexibility index (Phi) is 4.92. The number of Topliss-reactive ketones (excluding diaryl/α,β-unsaturated/α-hetero) is 1. The van der Waals surface area contributed by atoms with E-state index in [-0.39, 0.29) is 18.4 Å². The number of carbonyl (C=O) groups excluding carboxylic acids is 3. The van der Waals surface area contributed by atoms with E-state index in [4.69, 9.17) is 4.74 Å². The highest BCUT2D eigenvalue weighted by Crippen LogP contribution is 2.41. The highest BCUT2D eigenvalue weighted by molar-refractivity contribution is 6.11. The van der Waals surface area contributed by atoms with E-state index in [1.165, 1.54) is 18.3 Å². The second-order valence-electron chi connectivity index (χ2n) is 7.37. The first-order chi connectivity index (χ1) is 14.3. The molecule has 4 rings (SSSR count). The molecule has 156 valence electrons. The van der Waals surface area contributed by atoms with E-state index >= 15 is 0 Å². The van der Waals surface area contributed by atoms with Crippen LogP contribution in [0.1, 0.15) is 36.0 Å². The zero-order valence-corrected chi connectivity index (χ0v) is 15.8. The van der Waals surface area contributed by atoms with E-state index in [1.54, 1.807) is 24.3 Å². The fourth-order valence-electron chi connectivity index (χ4n) is 3.61. The van der Waals surface area contributed by atoms with Crippen LogP contribution in [-0.2, 0) is 4.79 Å². The number of nitrogens with zero attached hydrogens (tertiary/aromatic N) is 3. The van der Waals surface area contributed by atoms with E-state index in [0.717, 1.165) is 4.90 Å². The molecule has 10 heteroatoms. The molecule has 1 saturated carbocycles. The first-order valence-electron chi connectivity index (χ1n) is 9.39. The second kappa shape index (κ2) is 7.43. The Morgan fingerprint density at radius 3 is 2.43 bits per heavy atom. The number of halogens is 2. The van der Waals surface area contributed by atoms with E-state index in [0.29, 0.717) is 11.6 Å². The average molecular weight is 416 g/mol. The van der Waals surface area contributed by atoms with Crippen LogP contribution >= 0.6 is 0 Å². The van der Waals surface area contributed by atoms with Crippen molar-refractivity contribution in [2.24, 2.45) is 0 Å². The van der Waals surface area contributed by atoms with Gasteiger partial charge in [-0.05, 0) is 43.2 Å². The summed E-state index contributed by atoms with van der Waals surface area (Å²) in [4.78, 5) is 38.4. The zero-order chi connectivity index (χ0) is 21.4. The monoisotopic (exact) mass is 416 g/mol. The van der Waals surface area contributed by atoms with Crippen molar-refractivity contribution in [3.63, 3.8) is 0 Å². The van der Waals surface area contributed by atoms with Crippen molar-refractivity contribution in [2.75, 3.05) is 6.54 Å². The van der Waals surface area contributed by atoms with Crippen molar-refractivity contribution in [1.29, 1.82) is 0 Å². The van der Waals surface area contributed by atoms with Crippen LogP contribution in [0.2, 0.25) is 0 Å². The molecular weight excluding hydrogens is 398 g/mol. The van der Waals surface area contributed by atoms with E-state index in [1.807, 2.05) is 0 Å². The van der Waals surface area contributed by atoms with Crippen LogP contribution in [0.25, 0.3) is 0 Å². The molecule has 1 aromatic heterocycles. The maximum absolute atomic E-state index is 13.5. The molecule has 2 heterocycles. The maximum atomic E-state index is 13.5. The third-order valence-corrected chi connectivity index (χ3v) is 5.33. The van der Waals surface area contributed by atoms with Crippen molar-refractivity contribution in [1.82, 2.24) is 20.4 Å². The first-order valence-corrected chi connectivity index (χ1v) is 9.39. The van der Waals surface area contributed by atoms with Gasteiger partial charge in [0.2, 0.25) is 11.8 Å². The van der Waals surface area contributed by atoms with Crippen LogP contribution in [0.5, 0.6) is 11.6 Å². The number of benzene rings is 1. The Morgan fingerprint density at radius 1 is 1.10 bits per heavy atom. The number of urea groups is 1. The van der Waals surface area contributed by atoms with Crippen LogP contribution < -0.4 is 10.1 Å². The zero-order valence-electron chi connectivity index (χ0n) is 15.8. The number of ether oxygens (including phenoxy) is 1. The molecule has 0 unspecified atom stereocenters. The molecule has 0 atom stereocenters. The quantitative estimate of drug-likeness (QED) is 0.594. The van der Waals surface area contributed by atoms with Crippen LogP contribution in [0, 0.1) is 0 Å². The fourth-order valence-corrected chi connectivity index (χ4v) is 3.61. The summed E-state index contributed by atoms with van der Waals surface area (Å²) in [6.45, 7) is -0.465. The smallest absolute Gasteiger partial charge is 0.325 e. The Labute approximate surface area is 170 Å². The number of aromatic nitrogens is 2. The average Bonchev–Trinajstić information content (AvgIpc) is 2.96. The third-order valence-electron chi connectivity index (χ3n) is 5.33. The number of rotatable bonds is 5. The molecular formula is C20H18F2N4O4. The lowest BCUT2D eigenvalue weighted by molar-refractivity contribution is -0.135. The molecule has 0 radical (unpaired) electrons. The Balaban J connectivity index is 1.41. The van der Waals surface area contributed by atoms with Gasteiger partial charge >= 0.3 is 6.03 Å². The van der Waals surface area contributed by atoms with Crippen LogP contribution in [0.4, 0.5) is 13.6 Å². The van der Waals surface area contributed by atoms with Gasteiger partial charge < -0.3 is 10.1 Å². The van der Waals surface area contributed by atoms with E-state index in [9.17, 15) is 23.2 Å². The van der Waals surface area contributed by atoms with Crippen molar-refractivity contribution < 1.29 is 27.9 Å². The molecule has 1 aliphatic heterocycles. The Bertz CT molecular complexity index is 972. The summed E-state index contributed by atoms with van der Waals surface area (Å²) in [6.07, 6.45) is 0.253. The summed E-state index contributed by atoms with van der Waals surface area (Å²) in [6, 6.07) is 8.67. The number of hydrogen-bond acceptors (Lipinski definition) is 6. The summed E-state index contributed by atoms with van der Waals surface area (Å²) in [5.41, 5.74) is -1.06. The fraction of sp³-hybridized carbons (Fsp3) is 0.350. The van der Waals surface area contributed by atoms with Crippen LogP contribution in [0.3, 0.4) is 0 Å². The number of imide groups is 1. The summed E-state index contributed by atoms with van der Waals surface area (Å²) in [5.74, 6) is -3.20. The second-order valence-corrected chi connectivity index (χ2v) is 7.37. The summed E-state index contributed by atoms with van der Waals surface area (Å²) in [7, 11) is 0. The minimum Gasteiger partial charge on any atom is -0.438 e. The molecule has 3 amide bonds. The number of nitrogens with one attached hydrogen (secondary N) is 1. The topological polar surface area (TPSA) is 101 Å². The van der Waals surface area contributed by atoms with Gasteiger partial charge in [-0.25, -0.2) is 13.6 Å². The van der Waals surface area contributed by atoms with Crippen LogP contribution in [0.15, 0.2) is 42.6 Å². The van der Waals surface area contributed by atoms with Gasteiger partial charge in [0.15, 0.2) is 5.78 Å². The normalized spacial score (nSPS) is 19.6. The largest absolute Gasteiger partial charge is 0.438 e. The molecule has 1 aromatic carbocycles. The predicted molar refractivity (Wildman–Crippen MR) is 99.3 cm³/mol. The summed E-state index contributed by atoms with van der Waals surface area (Å²) in [5, 5.41) is 10.0. The molecule has 1 saturated heterocycles. The highest BCUT2D eigenvalue weighted by Gasteiger charge is 2.55. The number of alkyl halides is 2. The van der Waals surface area contributed by atoms with Gasteiger partial charge in [0.1, 0.15) is 11.3 Å². The molecule has 2 aromatic rings. The maximum Gasteiger partial charge on any atom is 0.325 e. The highest BCUT2D eigenvalue weighted by atomic mass is 19.3. The number of amides is 3. The third kappa shape index (κ3) is 3.85. The Morgan fingerprint density at radius 2 is 1.80 bits per heavy atom. The SMILES string of the molecule is O=C(CN1C(=O)NC2(CCC(F)(F)CC2)C1=O)c1ccc(Oc2cccnn2)cc1. The molecule has 2 fully saturated rings. The summed E-state index contributed by atoms with van der Waals surface area (Å²) >= 11 is 0. The van der Waals surface area contributed by atoms with Crippen molar-refractivity contribution in [3.05, 3.63) is 48.2 Å². The molecule has 30 heavy (non-hydrogen) atoms. The molecule has 1 aliphatic carbocycles. The molecule has 1 spiro atoms. The van der Waals surface area contributed by atoms with Gasteiger partial charge in [0.05, 0.1) is 6.54 Å². The Hall–Kier alpha value is -3.43. The number of carbonyl (C=O) groups is 3. The standard InChI is InChI=1S/C20H18F2N4O4/c21-20(22)9-7-19(8-10-20)17(28)26(18(29)24-19)12-15(27)13-3-5-14(6-4-13)30-16-2-1-11-23-25-16/h1-6,11H,7-10,12H2,(H,24,29). The lowest BCUT2D eigenvalue weighted by Gasteiger charge is -2.34. The number of hydrogen-bond donors (Lipinski definition) is 1. The predicted octanol–water partition coefficient (Wildman–Crippen LogP) is 2.95. The van der Waals surface area contributed by atoms with E-state index in [2.05, 4.69) is 15.5 Å². The van der Waals surface area contributed by atoms with Gasteiger partial charge in [-0.2, -0.15) is 5.10 Å². The molecule has 1 N–H and O–H groups in total.